The van der Waals surface area contributed by atoms with Gasteiger partial charge in [0.25, 0.3) is 0 Å². The van der Waals surface area contributed by atoms with Gasteiger partial charge in [0.1, 0.15) is 5.82 Å². The van der Waals surface area contributed by atoms with Crippen LogP contribution in [0.1, 0.15) is 24.1 Å². The van der Waals surface area contributed by atoms with Crippen molar-refractivity contribution in [3.63, 3.8) is 0 Å². The summed E-state index contributed by atoms with van der Waals surface area (Å²) in [6, 6.07) is 10.1. The van der Waals surface area contributed by atoms with E-state index in [-0.39, 0.29) is 4.90 Å². The first-order valence-corrected chi connectivity index (χ1v) is 11.3. The first-order valence-electron chi connectivity index (χ1n) is 9.83. The highest BCUT2D eigenvalue weighted by Gasteiger charge is 2.29. The lowest BCUT2D eigenvalue weighted by Gasteiger charge is -2.34. The van der Waals surface area contributed by atoms with Gasteiger partial charge in [-0.1, -0.05) is 0 Å². The fourth-order valence-electron chi connectivity index (χ4n) is 3.77. The third-order valence-electron chi connectivity index (χ3n) is 5.40. The second-order valence-electron chi connectivity index (χ2n) is 7.39. The van der Waals surface area contributed by atoms with E-state index < -0.39 is 10.0 Å². The zero-order valence-electron chi connectivity index (χ0n) is 16.5. The molecule has 0 atom stereocenters. The van der Waals surface area contributed by atoms with Gasteiger partial charge in [0.2, 0.25) is 16.0 Å². The maximum atomic E-state index is 12.9. The summed E-state index contributed by atoms with van der Waals surface area (Å²) in [6.45, 7) is 5.84. The van der Waals surface area contributed by atoms with Crippen molar-refractivity contribution >= 4 is 21.8 Å². The van der Waals surface area contributed by atoms with Crippen LogP contribution in [0.2, 0.25) is 0 Å². The summed E-state index contributed by atoms with van der Waals surface area (Å²) in [5.74, 6) is 1.62. The van der Waals surface area contributed by atoms with Crippen molar-refractivity contribution in [1.82, 2.24) is 14.3 Å². The molecule has 0 N–H and O–H groups in total. The molecular weight excluding hydrogens is 388 g/mol. The molecule has 2 aromatic rings. The standard InChI is InChI=1S/C20H24N6O2S/c1-16-14-19(24-8-2-3-9-24)23-20(22-16)25-10-12-26(13-11-25)29(27,28)18-6-4-17(15-21)5-7-18/h4-7,14H,2-3,8-13H2,1H3. The molecule has 0 amide bonds. The second-order valence-corrected chi connectivity index (χ2v) is 9.33. The van der Waals surface area contributed by atoms with Crippen molar-refractivity contribution in [2.75, 3.05) is 49.1 Å². The van der Waals surface area contributed by atoms with Crippen LogP contribution in [0.5, 0.6) is 0 Å². The van der Waals surface area contributed by atoms with Crippen molar-refractivity contribution in [3.05, 3.63) is 41.6 Å². The van der Waals surface area contributed by atoms with Gasteiger partial charge in [0.15, 0.2) is 0 Å². The van der Waals surface area contributed by atoms with Gasteiger partial charge in [-0.15, -0.1) is 0 Å². The molecular formula is C20H24N6O2S. The summed E-state index contributed by atoms with van der Waals surface area (Å²) in [6.07, 6.45) is 2.37. The third-order valence-corrected chi connectivity index (χ3v) is 7.31. The molecule has 0 unspecified atom stereocenters. The van der Waals surface area contributed by atoms with Crippen molar-refractivity contribution in [2.45, 2.75) is 24.7 Å². The topological polar surface area (TPSA) is 93.4 Å². The number of benzene rings is 1. The molecule has 9 heteroatoms. The number of rotatable bonds is 4. The van der Waals surface area contributed by atoms with E-state index in [0.29, 0.717) is 37.7 Å². The molecule has 2 aliphatic rings. The number of hydrogen-bond donors (Lipinski definition) is 0. The number of aryl methyl sites for hydroxylation is 1. The predicted molar refractivity (Wildman–Crippen MR) is 110 cm³/mol. The van der Waals surface area contributed by atoms with Crippen molar-refractivity contribution in [3.8, 4) is 6.07 Å². The summed E-state index contributed by atoms with van der Waals surface area (Å²) in [5.41, 5.74) is 1.36. The number of aromatic nitrogens is 2. The lowest BCUT2D eigenvalue weighted by Crippen LogP contribution is -2.49. The van der Waals surface area contributed by atoms with Gasteiger partial charge in [0.05, 0.1) is 16.5 Å². The number of nitrogens with zero attached hydrogens (tertiary/aromatic N) is 6. The minimum Gasteiger partial charge on any atom is -0.356 e. The summed E-state index contributed by atoms with van der Waals surface area (Å²) in [7, 11) is -3.57. The van der Waals surface area contributed by atoms with Crippen LogP contribution in [0.15, 0.2) is 35.2 Å². The van der Waals surface area contributed by atoms with Gasteiger partial charge in [-0.05, 0) is 44.0 Å². The summed E-state index contributed by atoms with van der Waals surface area (Å²) in [5, 5.41) is 8.90. The van der Waals surface area contributed by atoms with Gasteiger partial charge in [-0.3, -0.25) is 0 Å². The predicted octanol–water partition coefficient (Wildman–Crippen LogP) is 1.77. The molecule has 2 saturated heterocycles. The summed E-state index contributed by atoms with van der Waals surface area (Å²) < 4.78 is 27.3. The van der Waals surface area contributed by atoms with Crippen LogP contribution in [0.25, 0.3) is 0 Å². The van der Waals surface area contributed by atoms with E-state index in [1.165, 1.54) is 41.4 Å². The smallest absolute Gasteiger partial charge is 0.243 e. The molecule has 152 valence electrons. The minimum absolute atomic E-state index is 0.216. The van der Waals surface area contributed by atoms with Gasteiger partial charge >= 0.3 is 0 Å². The van der Waals surface area contributed by atoms with Crippen LogP contribution in [0.3, 0.4) is 0 Å². The first kappa shape index (κ1) is 19.6. The average molecular weight is 413 g/mol. The maximum Gasteiger partial charge on any atom is 0.243 e. The molecule has 3 heterocycles. The highest BCUT2D eigenvalue weighted by atomic mass is 32.2. The molecule has 29 heavy (non-hydrogen) atoms. The normalized spacial score (nSPS) is 18.1. The Hall–Kier alpha value is -2.70. The van der Waals surface area contributed by atoms with E-state index >= 15 is 0 Å². The largest absolute Gasteiger partial charge is 0.356 e. The molecule has 0 saturated carbocycles. The first-order chi connectivity index (χ1) is 14.0. The summed E-state index contributed by atoms with van der Waals surface area (Å²) in [4.78, 5) is 13.9. The van der Waals surface area contributed by atoms with Gasteiger partial charge in [-0.25, -0.2) is 13.4 Å². The average Bonchev–Trinajstić information content (AvgIpc) is 3.28. The Bertz CT molecular complexity index is 1020. The monoisotopic (exact) mass is 412 g/mol. The Morgan fingerprint density at radius 3 is 2.21 bits per heavy atom. The quantitative estimate of drug-likeness (QED) is 0.755. The maximum absolute atomic E-state index is 12.9. The van der Waals surface area contributed by atoms with Crippen LogP contribution in [0.4, 0.5) is 11.8 Å². The number of sulfonamides is 1. The van der Waals surface area contributed by atoms with Crippen LogP contribution < -0.4 is 9.80 Å². The highest BCUT2D eigenvalue weighted by molar-refractivity contribution is 7.89. The Morgan fingerprint density at radius 2 is 1.59 bits per heavy atom. The Balaban J connectivity index is 1.47. The van der Waals surface area contributed by atoms with Gasteiger partial charge in [0, 0.05) is 51.0 Å². The van der Waals surface area contributed by atoms with Gasteiger partial charge < -0.3 is 9.80 Å². The number of piperazine rings is 1. The molecule has 0 spiro atoms. The van der Waals surface area contributed by atoms with Crippen molar-refractivity contribution in [2.24, 2.45) is 0 Å². The zero-order chi connectivity index (χ0) is 20.4. The second kappa shape index (κ2) is 7.97. The van der Waals surface area contributed by atoms with E-state index in [0.717, 1.165) is 24.6 Å². The molecule has 4 rings (SSSR count). The van der Waals surface area contributed by atoms with Crippen LogP contribution in [-0.2, 0) is 10.0 Å². The van der Waals surface area contributed by atoms with E-state index in [1.807, 2.05) is 19.1 Å². The van der Waals surface area contributed by atoms with E-state index in [1.54, 1.807) is 0 Å². The summed E-state index contributed by atoms with van der Waals surface area (Å²) >= 11 is 0. The highest BCUT2D eigenvalue weighted by Crippen LogP contribution is 2.23. The molecule has 0 aliphatic carbocycles. The molecule has 0 bridgehead atoms. The fraction of sp³-hybridized carbons (Fsp3) is 0.450. The van der Waals surface area contributed by atoms with E-state index in [2.05, 4.69) is 14.8 Å². The Labute approximate surface area is 171 Å². The van der Waals surface area contributed by atoms with Crippen LogP contribution >= 0.6 is 0 Å². The van der Waals surface area contributed by atoms with E-state index in [4.69, 9.17) is 10.2 Å². The van der Waals surface area contributed by atoms with E-state index in [9.17, 15) is 8.42 Å². The molecule has 1 aromatic carbocycles. The molecule has 2 aliphatic heterocycles. The third kappa shape index (κ3) is 4.04. The van der Waals surface area contributed by atoms with Gasteiger partial charge in [-0.2, -0.15) is 14.6 Å². The van der Waals surface area contributed by atoms with Crippen molar-refractivity contribution < 1.29 is 8.42 Å². The Kier molecular flexibility index (Phi) is 5.39. The van der Waals surface area contributed by atoms with Crippen LogP contribution in [-0.4, -0.2) is 62.0 Å². The lowest BCUT2D eigenvalue weighted by atomic mass is 10.2. The Morgan fingerprint density at radius 1 is 0.931 bits per heavy atom. The SMILES string of the molecule is Cc1cc(N2CCCC2)nc(N2CCN(S(=O)(=O)c3ccc(C#N)cc3)CC2)n1. The molecule has 1 aromatic heterocycles. The lowest BCUT2D eigenvalue weighted by molar-refractivity contribution is 0.382. The molecule has 8 nitrogen and oxygen atoms in total. The minimum atomic E-state index is -3.57. The van der Waals surface area contributed by atoms with Crippen molar-refractivity contribution in [1.29, 1.82) is 5.26 Å². The molecule has 2 fully saturated rings. The number of hydrogen-bond acceptors (Lipinski definition) is 7. The zero-order valence-corrected chi connectivity index (χ0v) is 17.3. The number of nitriles is 1. The molecule has 0 radical (unpaired) electrons. The van der Waals surface area contributed by atoms with Crippen LogP contribution in [0, 0.1) is 18.3 Å². The fourth-order valence-corrected chi connectivity index (χ4v) is 5.19. The number of anilines is 2.